The lowest BCUT2D eigenvalue weighted by Crippen LogP contribution is -2.17. The first-order valence-electron chi connectivity index (χ1n) is 9.77. The number of anilines is 2. The number of benzene rings is 3. The summed E-state index contributed by atoms with van der Waals surface area (Å²) in [5, 5.41) is 16.6. The van der Waals surface area contributed by atoms with Gasteiger partial charge >= 0.3 is 0 Å². The van der Waals surface area contributed by atoms with Crippen LogP contribution in [0.15, 0.2) is 66.7 Å². The van der Waals surface area contributed by atoms with Crippen LogP contribution in [0, 0.1) is 23.1 Å². The Morgan fingerprint density at radius 3 is 2.13 bits per heavy atom. The third-order valence-electron chi connectivity index (χ3n) is 4.74. The number of phenols is 1. The Morgan fingerprint density at radius 2 is 1.57 bits per heavy atom. The zero-order valence-corrected chi connectivity index (χ0v) is 16.6. The highest BCUT2D eigenvalue weighted by molar-refractivity contribution is 5.82. The van der Waals surface area contributed by atoms with E-state index in [1.54, 1.807) is 0 Å². The summed E-state index contributed by atoms with van der Waals surface area (Å²) in [5.74, 6) is 4.58. The van der Waals surface area contributed by atoms with Crippen molar-refractivity contribution in [1.82, 2.24) is 0 Å². The van der Waals surface area contributed by atoms with Crippen molar-refractivity contribution in [2.45, 2.75) is 12.8 Å². The van der Waals surface area contributed by atoms with E-state index in [0.717, 1.165) is 30.6 Å². The van der Waals surface area contributed by atoms with E-state index in [1.807, 2.05) is 42.5 Å². The summed E-state index contributed by atoms with van der Waals surface area (Å²) in [5.41, 5.74) is 8.78. The van der Waals surface area contributed by atoms with Crippen LogP contribution >= 0.6 is 0 Å². The molecule has 0 atom stereocenters. The van der Waals surface area contributed by atoms with E-state index in [-0.39, 0.29) is 5.56 Å². The Morgan fingerprint density at radius 1 is 0.933 bits per heavy atom. The van der Waals surface area contributed by atoms with Gasteiger partial charge in [0.25, 0.3) is 0 Å². The van der Waals surface area contributed by atoms with Crippen molar-refractivity contribution in [3.8, 4) is 17.6 Å². The molecule has 1 heterocycles. The quantitative estimate of drug-likeness (QED) is 0.328. The first-order valence-corrected chi connectivity index (χ1v) is 9.77. The standard InChI is InChI=1S/C19H17FN2O.C6H7N/c20-18-12-15(11-16(13-21)19(18)23)4-3-14-5-7-17(8-6-14)22-9-1-2-10-22;7-6-4-2-1-3-5-6/h5-8,11-13,21,23H,1-2,9-10H2;1-5H,7H2. The molecule has 5 heteroatoms. The average Bonchev–Trinajstić information content (AvgIpc) is 3.31. The number of nitrogens with two attached hydrogens (primary N) is 1. The van der Waals surface area contributed by atoms with Crippen molar-refractivity contribution in [2.75, 3.05) is 23.7 Å². The second kappa shape index (κ2) is 10.1. The largest absolute Gasteiger partial charge is 0.504 e. The number of nitrogens with one attached hydrogen (secondary N) is 1. The summed E-state index contributed by atoms with van der Waals surface area (Å²) >= 11 is 0. The summed E-state index contributed by atoms with van der Waals surface area (Å²) in [6.45, 7) is 2.20. The van der Waals surface area contributed by atoms with E-state index in [9.17, 15) is 9.50 Å². The van der Waals surface area contributed by atoms with Crippen LogP contribution in [-0.4, -0.2) is 24.4 Å². The zero-order chi connectivity index (χ0) is 21.3. The van der Waals surface area contributed by atoms with Crippen molar-refractivity contribution in [1.29, 1.82) is 5.41 Å². The molecule has 30 heavy (non-hydrogen) atoms. The van der Waals surface area contributed by atoms with E-state index < -0.39 is 11.6 Å². The molecule has 0 bridgehead atoms. The number of hydrogen-bond acceptors (Lipinski definition) is 4. The van der Waals surface area contributed by atoms with Crippen molar-refractivity contribution >= 4 is 17.6 Å². The van der Waals surface area contributed by atoms with E-state index in [1.165, 1.54) is 30.7 Å². The van der Waals surface area contributed by atoms with Gasteiger partial charge in [-0.05, 0) is 61.4 Å². The van der Waals surface area contributed by atoms with Gasteiger partial charge in [-0.2, -0.15) is 0 Å². The number of rotatable bonds is 2. The molecule has 0 aromatic heterocycles. The van der Waals surface area contributed by atoms with Crippen LogP contribution in [0.2, 0.25) is 0 Å². The maximum atomic E-state index is 13.6. The van der Waals surface area contributed by atoms with Crippen molar-refractivity contribution in [3.63, 3.8) is 0 Å². The van der Waals surface area contributed by atoms with Gasteiger partial charge in [0.1, 0.15) is 0 Å². The van der Waals surface area contributed by atoms with Crippen molar-refractivity contribution < 1.29 is 9.50 Å². The monoisotopic (exact) mass is 401 g/mol. The third kappa shape index (κ3) is 5.62. The van der Waals surface area contributed by atoms with Crippen molar-refractivity contribution in [2.24, 2.45) is 0 Å². The zero-order valence-electron chi connectivity index (χ0n) is 16.6. The van der Waals surface area contributed by atoms with Gasteiger partial charge in [-0.15, -0.1) is 0 Å². The number of nitrogen functional groups attached to an aromatic ring is 1. The Kier molecular flexibility index (Phi) is 7.07. The lowest BCUT2D eigenvalue weighted by molar-refractivity contribution is 0.431. The minimum Gasteiger partial charge on any atom is -0.504 e. The molecule has 0 unspecified atom stereocenters. The molecule has 4 nitrogen and oxygen atoms in total. The lowest BCUT2D eigenvalue weighted by atomic mass is 10.1. The second-order valence-electron chi connectivity index (χ2n) is 6.94. The molecular formula is C25H24FN3O. The molecule has 1 aliphatic rings. The lowest BCUT2D eigenvalue weighted by Gasteiger charge is -2.17. The maximum Gasteiger partial charge on any atom is 0.166 e. The number of para-hydroxylation sites is 1. The first kappa shape index (κ1) is 20.9. The Bertz CT molecular complexity index is 1050. The van der Waals surface area contributed by atoms with Crippen LogP contribution in [0.25, 0.3) is 0 Å². The molecule has 0 saturated carbocycles. The summed E-state index contributed by atoms with van der Waals surface area (Å²) in [6, 6.07) is 20.2. The summed E-state index contributed by atoms with van der Waals surface area (Å²) in [7, 11) is 0. The smallest absolute Gasteiger partial charge is 0.166 e. The number of aromatic hydroxyl groups is 1. The number of hydrogen-bond donors (Lipinski definition) is 3. The van der Waals surface area contributed by atoms with Gasteiger partial charge in [0.05, 0.1) is 0 Å². The topological polar surface area (TPSA) is 73.3 Å². The van der Waals surface area contributed by atoms with Gasteiger partial charge in [-0.1, -0.05) is 30.0 Å². The van der Waals surface area contributed by atoms with E-state index in [2.05, 4.69) is 28.9 Å². The predicted octanol–water partition coefficient (Wildman–Crippen LogP) is 4.80. The molecule has 152 valence electrons. The highest BCUT2D eigenvalue weighted by Crippen LogP contribution is 2.22. The molecule has 1 saturated heterocycles. The van der Waals surface area contributed by atoms with E-state index >= 15 is 0 Å². The fourth-order valence-electron chi connectivity index (χ4n) is 3.13. The third-order valence-corrected chi connectivity index (χ3v) is 4.74. The van der Waals surface area contributed by atoms with E-state index in [4.69, 9.17) is 11.1 Å². The van der Waals surface area contributed by atoms with Gasteiger partial charge < -0.3 is 21.1 Å². The SMILES string of the molecule is N=Cc1cc(C#Cc2ccc(N3CCCC3)cc2)cc(F)c1O.Nc1ccccc1. The van der Waals surface area contributed by atoms with Crippen LogP contribution in [-0.2, 0) is 0 Å². The normalized spacial score (nSPS) is 12.4. The molecule has 4 N–H and O–H groups in total. The fraction of sp³-hybridized carbons (Fsp3) is 0.160. The molecule has 1 fully saturated rings. The number of phenolic OH excluding ortho intramolecular Hbond substituents is 1. The molecule has 4 rings (SSSR count). The summed E-state index contributed by atoms with van der Waals surface area (Å²) < 4.78 is 13.6. The Hall–Kier alpha value is -3.78. The molecule has 1 aliphatic heterocycles. The fourth-order valence-corrected chi connectivity index (χ4v) is 3.13. The van der Waals surface area contributed by atoms with Crippen LogP contribution in [0.4, 0.5) is 15.8 Å². The highest BCUT2D eigenvalue weighted by Gasteiger charge is 2.11. The molecule has 0 amide bonds. The minimum absolute atomic E-state index is 0.124. The van der Waals surface area contributed by atoms with Gasteiger partial charge in [0.2, 0.25) is 0 Å². The highest BCUT2D eigenvalue weighted by atomic mass is 19.1. The molecular weight excluding hydrogens is 377 g/mol. The average molecular weight is 401 g/mol. The van der Waals surface area contributed by atoms with Crippen LogP contribution in [0.1, 0.15) is 29.5 Å². The molecule has 3 aromatic carbocycles. The molecule has 0 spiro atoms. The number of nitrogens with zero attached hydrogens (tertiary/aromatic N) is 1. The Balaban J connectivity index is 0.000000310. The van der Waals surface area contributed by atoms with E-state index in [0.29, 0.717) is 5.56 Å². The maximum absolute atomic E-state index is 13.6. The molecule has 0 aliphatic carbocycles. The predicted molar refractivity (Wildman–Crippen MR) is 121 cm³/mol. The number of halogens is 1. The van der Waals surface area contributed by atoms with Crippen LogP contribution < -0.4 is 10.6 Å². The van der Waals surface area contributed by atoms with Crippen LogP contribution in [0.5, 0.6) is 5.75 Å². The molecule has 3 aromatic rings. The summed E-state index contributed by atoms with van der Waals surface area (Å²) in [6.07, 6.45) is 3.39. The first-order chi connectivity index (χ1) is 14.6. The molecule has 0 radical (unpaired) electrons. The second-order valence-corrected chi connectivity index (χ2v) is 6.94. The van der Waals surface area contributed by atoms with Crippen molar-refractivity contribution in [3.05, 3.63) is 89.2 Å². The van der Waals surface area contributed by atoms with Gasteiger partial charge in [-0.25, -0.2) is 4.39 Å². The Labute approximate surface area is 176 Å². The van der Waals surface area contributed by atoms with Gasteiger partial charge in [-0.3, -0.25) is 0 Å². The summed E-state index contributed by atoms with van der Waals surface area (Å²) in [4.78, 5) is 2.35. The van der Waals surface area contributed by atoms with Gasteiger partial charge in [0.15, 0.2) is 11.6 Å². The van der Waals surface area contributed by atoms with Crippen LogP contribution in [0.3, 0.4) is 0 Å². The van der Waals surface area contributed by atoms with Gasteiger partial charge in [0, 0.05) is 47.4 Å². The minimum atomic E-state index is -0.764.